The number of hydrogen-bond acceptors (Lipinski definition) is 3. The summed E-state index contributed by atoms with van der Waals surface area (Å²) in [5.74, 6) is 1.66. The number of hydrogen-bond donors (Lipinski definition) is 1. The van der Waals surface area contributed by atoms with Gasteiger partial charge in [0.2, 0.25) is 0 Å². The van der Waals surface area contributed by atoms with Gasteiger partial charge < -0.3 is 14.6 Å². The number of amides is 2. The quantitative estimate of drug-likeness (QED) is 0.938. The summed E-state index contributed by atoms with van der Waals surface area (Å²) in [5, 5.41) is 3.19. The number of nitrogens with zero attached hydrogens (tertiary/aromatic N) is 2. The minimum absolute atomic E-state index is 0.0646. The van der Waals surface area contributed by atoms with Gasteiger partial charge in [-0.3, -0.25) is 4.90 Å². The third-order valence-electron chi connectivity index (χ3n) is 4.63. The number of benzene rings is 1. The average Bonchev–Trinajstić information content (AvgIpc) is 3.14. The Labute approximate surface area is 143 Å². The van der Waals surface area contributed by atoms with Crippen molar-refractivity contribution in [3.8, 4) is 0 Å². The Balaban J connectivity index is 1.64. The van der Waals surface area contributed by atoms with E-state index in [0.717, 1.165) is 24.5 Å². The molecule has 1 N–H and O–H groups in total. The second-order valence-electron chi connectivity index (χ2n) is 6.55. The van der Waals surface area contributed by atoms with Crippen molar-refractivity contribution in [2.24, 2.45) is 0 Å². The lowest BCUT2D eigenvalue weighted by Gasteiger charge is -2.28. The lowest BCUT2D eigenvalue weighted by atomic mass is 10.0. The molecular formula is C19H25N3O2. The third-order valence-corrected chi connectivity index (χ3v) is 4.63. The van der Waals surface area contributed by atoms with Crippen molar-refractivity contribution in [1.29, 1.82) is 0 Å². The summed E-state index contributed by atoms with van der Waals surface area (Å²) in [4.78, 5) is 16.5. The average molecular weight is 327 g/mol. The number of nitrogens with one attached hydrogen (secondary N) is 1. The van der Waals surface area contributed by atoms with Crippen LogP contribution in [0.5, 0.6) is 0 Å². The van der Waals surface area contributed by atoms with Gasteiger partial charge in [0.1, 0.15) is 11.5 Å². The zero-order valence-electron chi connectivity index (χ0n) is 14.5. The standard InChI is InChI=1S/C19H25N3O2/c1-14-9-10-16(24-14)13-22(3)19(23)20-17-11-12-21(2)18(17)15-7-5-4-6-8-15/h4-10,17-18H,11-13H2,1-3H3,(H,20,23)/t17-,18+/m0/s1. The molecule has 2 amide bonds. The van der Waals surface area contributed by atoms with Crippen LogP contribution in [0.25, 0.3) is 0 Å². The molecule has 3 rings (SSSR count). The maximum Gasteiger partial charge on any atom is 0.317 e. The fourth-order valence-electron chi connectivity index (χ4n) is 3.38. The van der Waals surface area contributed by atoms with Gasteiger partial charge in [0.15, 0.2) is 0 Å². The summed E-state index contributed by atoms with van der Waals surface area (Å²) >= 11 is 0. The van der Waals surface area contributed by atoms with E-state index in [2.05, 4.69) is 29.4 Å². The molecular weight excluding hydrogens is 302 g/mol. The van der Waals surface area contributed by atoms with Crippen molar-refractivity contribution in [3.05, 3.63) is 59.5 Å². The van der Waals surface area contributed by atoms with Gasteiger partial charge in [0.05, 0.1) is 18.6 Å². The summed E-state index contributed by atoms with van der Waals surface area (Å²) in [7, 11) is 3.91. The molecule has 2 atom stereocenters. The van der Waals surface area contributed by atoms with Gasteiger partial charge in [-0.2, -0.15) is 0 Å². The SMILES string of the molecule is Cc1ccc(CN(C)C(=O)N[C@H]2CCN(C)[C@@H]2c2ccccc2)o1. The topological polar surface area (TPSA) is 48.7 Å². The molecule has 1 aromatic carbocycles. The molecule has 1 fully saturated rings. The highest BCUT2D eigenvalue weighted by Gasteiger charge is 2.34. The molecule has 2 aromatic rings. The normalized spacial score (nSPS) is 21.0. The van der Waals surface area contributed by atoms with Crippen LogP contribution in [0.15, 0.2) is 46.9 Å². The van der Waals surface area contributed by atoms with Gasteiger partial charge in [-0.15, -0.1) is 0 Å². The van der Waals surface area contributed by atoms with Crippen molar-refractivity contribution in [3.63, 3.8) is 0 Å². The molecule has 2 heterocycles. The number of likely N-dealkylation sites (N-methyl/N-ethyl adjacent to an activating group) is 1. The van der Waals surface area contributed by atoms with Crippen LogP contribution in [-0.2, 0) is 6.54 Å². The number of aryl methyl sites for hydroxylation is 1. The molecule has 5 nitrogen and oxygen atoms in total. The fraction of sp³-hybridized carbons (Fsp3) is 0.421. The molecule has 1 aromatic heterocycles. The largest absolute Gasteiger partial charge is 0.464 e. The Morgan fingerprint density at radius 2 is 2.04 bits per heavy atom. The Hall–Kier alpha value is -2.27. The first-order valence-corrected chi connectivity index (χ1v) is 8.36. The molecule has 1 saturated heterocycles. The van der Waals surface area contributed by atoms with Crippen LogP contribution in [0.1, 0.15) is 29.5 Å². The van der Waals surface area contributed by atoms with Crippen LogP contribution in [0.3, 0.4) is 0 Å². The molecule has 0 spiro atoms. The molecule has 0 bridgehead atoms. The number of rotatable bonds is 4. The maximum absolute atomic E-state index is 12.5. The monoisotopic (exact) mass is 327 g/mol. The van der Waals surface area contributed by atoms with Gasteiger partial charge in [-0.05, 0) is 38.1 Å². The van der Waals surface area contributed by atoms with E-state index in [9.17, 15) is 4.79 Å². The van der Waals surface area contributed by atoms with Crippen LogP contribution >= 0.6 is 0 Å². The van der Waals surface area contributed by atoms with Crippen LogP contribution in [-0.4, -0.2) is 42.5 Å². The Kier molecular flexibility index (Phi) is 4.90. The number of likely N-dealkylation sites (tertiary alicyclic amines) is 1. The summed E-state index contributed by atoms with van der Waals surface area (Å²) in [5.41, 5.74) is 1.24. The van der Waals surface area contributed by atoms with E-state index < -0.39 is 0 Å². The van der Waals surface area contributed by atoms with E-state index in [4.69, 9.17) is 4.42 Å². The number of carbonyl (C=O) groups excluding carboxylic acids is 1. The lowest BCUT2D eigenvalue weighted by Crippen LogP contribution is -2.44. The molecule has 0 aliphatic carbocycles. The van der Waals surface area contributed by atoms with Crippen molar-refractivity contribution in [2.45, 2.75) is 32.0 Å². The van der Waals surface area contributed by atoms with Gasteiger partial charge in [-0.25, -0.2) is 4.79 Å². The first-order chi connectivity index (χ1) is 11.5. The molecule has 1 aliphatic rings. The minimum atomic E-state index is -0.0646. The third kappa shape index (κ3) is 3.62. The summed E-state index contributed by atoms with van der Waals surface area (Å²) in [6.07, 6.45) is 0.954. The van der Waals surface area contributed by atoms with Crippen LogP contribution in [0.2, 0.25) is 0 Å². The first kappa shape index (κ1) is 16.6. The molecule has 5 heteroatoms. The van der Waals surface area contributed by atoms with Crippen molar-refractivity contribution in [1.82, 2.24) is 15.1 Å². The predicted molar refractivity (Wildman–Crippen MR) is 93.7 cm³/mol. The smallest absolute Gasteiger partial charge is 0.317 e. The first-order valence-electron chi connectivity index (χ1n) is 8.36. The lowest BCUT2D eigenvalue weighted by molar-refractivity contribution is 0.193. The highest BCUT2D eigenvalue weighted by atomic mass is 16.3. The van der Waals surface area contributed by atoms with E-state index >= 15 is 0 Å². The molecule has 24 heavy (non-hydrogen) atoms. The molecule has 0 radical (unpaired) electrons. The number of urea groups is 1. The van der Waals surface area contributed by atoms with Crippen LogP contribution in [0.4, 0.5) is 4.79 Å². The summed E-state index contributed by atoms with van der Waals surface area (Å²) < 4.78 is 5.55. The van der Waals surface area contributed by atoms with Crippen molar-refractivity contribution >= 4 is 6.03 Å². The van der Waals surface area contributed by atoms with E-state index in [1.54, 1.807) is 11.9 Å². The molecule has 128 valence electrons. The Morgan fingerprint density at radius 1 is 1.29 bits per heavy atom. The predicted octanol–water partition coefficient (Wildman–Crippen LogP) is 3.17. The maximum atomic E-state index is 12.5. The summed E-state index contributed by atoms with van der Waals surface area (Å²) in [6.45, 7) is 3.35. The van der Waals surface area contributed by atoms with E-state index in [1.165, 1.54) is 5.56 Å². The van der Waals surface area contributed by atoms with Crippen molar-refractivity contribution in [2.75, 3.05) is 20.6 Å². The van der Waals surface area contributed by atoms with E-state index in [0.29, 0.717) is 6.54 Å². The second kappa shape index (κ2) is 7.09. The van der Waals surface area contributed by atoms with Gasteiger partial charge >= 0.3 is 6.03 Å². The van der Waals surface area contributed by atoms with Gasteiger partial charge in [0.25, 0.3) is 0 Å². The Bertz CT molecular complexity index is 683. The van der Waals surface area contributed by atoms with Gasteiger partial charge in [0, 0.05) is 13.6 Å². The minimum Gasteiger partial charge on any atom is -0.464 e. The molecule has 0 unspecified atom stereocenters. The molecule has 1 aliphatic heterocycles. The fourth-order valence-corrected chi connectivity index (χ4v) is 3.38. The van der Waals surface area contributed by atoms with E-state index in [-0.39, 0.29) is 18.1 Å². The highest BCUT2D eigenvalue weighted by molar-refractivity contribution is 5.74. The molecule has 0 saturated carbocycles. The highest BCUT2D eigenvalue weighted by Crippen LogP contribution is 2.30. The second-order valence-corrected chi connectivity index (χ2v) is 6.55. The van der Waals surface area contributed by atoms with Crippen molar-refractivity contribution < 1.29 is 9.21 Å². The van der Waals surface area contributed by atoms with Crippen LogP contribution < -0.4 is 5.32 Å². The Morgan fingerprint density at radius 3 is 2.71 bits per heavy atom. The van der Waals surface area contributed by atoms with Gasteiger partial charge in [-0.1, -0.05) is 30.3 Å². The number of furan rings is 1. The number of carbonyl (C=O) groups is 1. The zero-order chi connectivity index (χ0) is 17.1. The van der Waals surface area contributed by atoms with E-state index in [1.807, 2.05) is 37.3 Å². The summed E-state index contributed by atoms with van der Waals surface area (Å²) in [6, 6.07) is 14.5. The van der Waals surface area contributed by atoms with Crippen LogP contribution in [0, 0.1) is 6.92 Å². The zero-order valence-corrected chi connectivity index (χ0v) is 14.5.